The summed E-state index contributed by atoms with van der Waals surface area (Å²) in [5.41, 5.74) is 11.2. The summed E-state index contributed by atoms with van der Waals surface area (Å²) in [6, 6.07) is 14.1. The van der Waals surface area contributed by atoms with Gasteiger partial charge in [-0.3, -0.25) is 0 Å². The van der Waals surface area contributed by atoms with Crippen molar-refractivity contribution in [2.45, 2.75) is 51.8 Å². The third-order valence-corrected chi connectivity index (χ3v) is 6.14. The molecule has 4 N–H and O–H groups in total. The van der Waals surface area contributed by atoms with Gasteiger partial charge in [0.25, 0.3) is 0 Å². The summed E-state index contributed by atoms with van der Waals surface area (Å²) in [4.78, 5) is 16.1. The fourth-order valence-corrected chi connectivity index (χ4v) is 4.33. The highest BCUT2D eigenvalue weighted by Crippen LogP contribution is 2.45. The van der Waals surface area contributed by atoms with Crippen molar-refractivity contribution in [2.24, 2.45) is 0 Å². The van der Waals surface area contributed by atoms with Crippen LogP contribution < -0.4 is 21.1 Å². The second kappa shape index (κ2) is 9.13. The SMILES string of the molecule is CC(C)NC(=O)Nc1ccc(-c2c(N)c3ccc(OCc4ncco4)cc3n2C2CCC2)cc1. The Balaban J connectivity index is 1.47. The minimum absolute atomic E-state index is 0.0708. The number of aromatic nitrogens is 2. The highest BCUT2D eigenvalue weighted by atomic mass is 16.5. The first-order chi connectivity index (χ1) is 16.5. The predicted octanol–water partition coefficient (Wildman–Crippen LogP) is 5.71. The number of anilines is 2. The fourth-order valence-electron chi connectivity index (χ4n) is 4.33. The number of urea groups is 1. The number of carbonyl (C=O) groups is 1. The van der Waals surface area contributed by atoms with Crippen LogP contribution in [0.5, 0.6) is 5.75 Å². The molecule has 176 valence electrons. The van der Waals surface area contributed by atoms with Gasteiger partial charge >= 0.3 is 6.03 Å². The van der Waals surface area contributed by atoms with Crippen LogP contribution in [0, 0.1) is 0 Å². The lowest BCUT2D eigenvalue weighted by Gasteiger charge is -2.30. The van der Waals surface area contributed by atoms with Gasteiger partial charge < -0.3 is 30.1 Å². The molecule has 0 unspecified atom stereocenters. The number of benzene rings is 2. The monoisotopic (exact) mass is 459 g/mol. The molecule has 8 heteroatoms. The molecule has 1 aliphatic rings. The first-order valence-corrected chi connectivity index (χ1v) is 11.6. The van der Waals surface area contributed by atoms with Gasteiger partial charge in [0.15, 0.2) is 6.61 Å². The van der Waals surface area contributed by atoms with E-state index in [9.17, 15) is 4.79 Å². The van der Waals surface area contributed by atoms with Crippen molar-refractivity contribution in [3.8, 4) is 17.0 Å². The summed E-state index contributed by atoms with van der Waals surface area (Å²) in [6.07, 6.45) is 6.58. The van der Waals surface area contributed by atoms with E-state index in [-0.39, 0.29) is 18.7 Å². The largest absolute Gasteiger partial charge is 0.484 e. The summed E-state index contributed by atoms with van der Waals surface area (Å²) < 4.78 is 13.5. The number of hydrogen-bond acceptors (Lipinski definition) is 5. The predicted molar refractivity (Wildman–Crippen MR) is 133 cm³/mol. The first-order valence-electron chi connectivity index (χ1n) is 11.6. The van der Waals surface area contributed by atoms with Crippen LogP contribution in [0.25, 0.3) is 22.2 Å². The standard InChI is InChI=1S/C26H29N5O3/c1-16(2)29-26(32)30-18-8-6-17(7-9-18)25-24(27)21-11-10-20(34-15-23-28-12-13-33-23)14-22(21)31(25)19-4-3-5-19/h6-14,16,19H,3-5,15,27H2,1-2H3,(H2,29,30,32). The van der Waals surface area contributed by atoms with E-state index in [2.05, 4.69) is 20.2 Å². The Morgan fingerprint density at radius 3 is 2.68 bits per heavy atom. The molecule has 5 rings (SSSR count). The topological polar surface area (TPSA) is 107 Å². The summed E-state index contributed by atoms with van der Waals surface area (Å²) in [7, 11) is 0. The van der Waals surface area contributed by atoms with Gasteiger partial charge in [0.05, 0.1) is 23.1 Å². The van der Waals surface area contributed by atoms with E-state index in [1.54, 1.807) is 6.20 Å². The molecule has 34 heavy (non-hydrogen) atoms. The maximum Gasteiger partial charge on any atom is 0.319 e. The molecule has 0 radical (unpaired) electrons. The van der Waals surface area contributed by atoms with E-state index in [4.69, 9.17) is 14.9 Å². The van der Waals surface area contributed by atoms with E-state index < -0.39 is 0 Å². The van der Waals surface area contributed by atoms with E-state index in [1.165, 1.54) is 12.7 Å². The van der Waals surface area contributed by atoms with Gasteiger partial charge in [-0.15, -0.1) is 0 Å². The number of hydrogen-bond donors (Lipinski definition) is 3. The molecule has 0 spiro atoms. The van der Waals surface area contributed by atoms with Crippen LogP contribution >= 0.6 is 0 Å². The van der Waals surface area contributed by atoms with E-state index in [0.29, 0.717) is 11.9 Å². The molecule has 0 atom stereocenters. The smallest absolute Gasteiger partial charge is 0.319 e. The summed E-state index contributed by atoms with van der Waals surface area (Å²) in [6.45, 7) is 4.12. The van der Waals surface area contributed by atoms with Crippen LogP contribution in [-0.2, 0) is 6.61 Å². The molecule has 2 aromatic heterocycles. The fraction of sp³-hybridized carbons (Fsp3) is 0.308. The highest BCUT2D eigenvalue weighted by molar-refractivity contribution is 6.02. The molecule has 1 fully saturated rings. The molecule has 0 bridgehead atoms. The Kier molecular flexibility index (Phi) is 5.88. The number of nitrogens with two attached hydrogens (primary N) is 1. The minimum Gasteiger partial charge on any atom is -0.484 e. The lowest BCUT2D eigenvalue weighted by molar-refractivity contribution is 0.250. The van der Waals surface area contributed by atoms with Crippen LogP contribution in [0.4, 0.5) is 16.2 Å². The van der Waals surface area contributed by atoms with Gasteiger partial charge in [0, 0.05) is 34.8 Å². The molecule has 1 aliphatic carbocycles. The Labute approximate surface area is 198 Å². The number of nitrogens with one attached hydrogen (secondary N) is 2. The molecule has 4 aromatic rings. The zero-order valence-electron chi connectivity index (χ0n) is 19.4. The third-order valence-electron chi connectivity index (χ3n) is 6.14. The Bertz CT molecular complexity index is 1290. The van der Waals surface area contributed by atoms with Crippen molar-refractivity contribution in [2.75, 3.05) is 11.1 Å². The molecule has 2 aromatic carbocycles. The van der Waals surface area contributed by atoms with E-state index in [1.807, 2.05) is 56.3 Å². The summed E-state index contributed by atoms with van der Waals surface area (Å²) in [5, 5.41) is 6.70. The average molecular weight is 460 g/mol. The van der Waals surface area contributed by atoms with Gasteiger partial charge in [-0.05, 0) is 57.4 Å². The molecular formula is C26H29N5O3. The highest BCUT2D eigenvalue weighted by Gasteiger charge is 2.27. The van der Waals surface area contributed by atoms with Crippen molar-refractivity contribution in [3.05, 3.63) is 60.8 Å². The Morgan fingerprint density at radius 1 is 1.24 bits per heavy atom. The molecular weight excluding hydrogens is 430 g/mol. The number of nitrogen functional groups attached to an aromatic ring is 1. The number of fused-ring (bicyclic) bond motifs is 1. The number of amides is 2. The number of nitrogens with zero attached hydrogens (tertiary/aromatic N) is 2. The number of rotatable bonds is 7. The lowest BCUT2D eigenvalue weighted by Crippen LogP contribution is -2.34. The van der Waals surface area contributed by atoms with Gasteiger partial charge in [-0.1, -0.05) is 12.1 Å². The molecule has 1 saturated carbocycles. The second-order valence-corrected chi connectivity index (χ2v) is 8.94. The van der Waals surface area contributed by atoms with Gasteiger partial charge in [-0.25, -0.2) is 9.78 Å². The second-order valence-electron chi connectivity index (χ2n) is 8.94. The summed E-state index contributed by atoms with van der Waals surface area (Å²) in [5.74, 6) is 1.27. The van der Waals surface area contributed by atoms with Crippen molar-refractivity contribution in [1.82, 2.24) is 14.9 Å². The van der Waals surface area contributed by atoms with Gasteiger partial charge in [-0.2, -0.15) is 0 Å². The number of oxazole rings is 1. The van der Waals surface area contributed by atoms with Crippen molar-refractivity contribution in [1.29, 1.82) is 0 Å². The van der Waals surface area contributed by atoms with E-state index in [0.717, 1.165) is 52.1 Å². The average Bonchev–Trinajstić information content (AvgIpc) is 3.38. The minimum atomic E-state index is -0.219. The quantitative estimate of drug-likeness (QED) is 0.328. The van der Waals surface area contributed by atoms with Crippen LogP contribution in [0.2, 0.25) is 0 Å². The normalized spacial score (nSPS) is 13.7. The molecule has 2 amide bonds. The maximum atomic E-state index is 12.0. The number of carbonyl (C=O) groups excluding carboxylic acids is 1. The maximum absolute atomic E-state index is 12.0. The van der Waals surface area contributed by atoms with Crippen LogP contribution in [-0.4, -0.2) is 21.6 Å². The zero-order chi connectivity index (χ0) is 23.7. The lowest BCUT2D eigenvalue weighted by atomic mass is 9.92. The Morgan fingerprint density at radius 2 is 2.03 bits per heavy atom. The van der Waals surface area contributed by atoms with Crippen LogP contribution in [0.15, 0.2) is 59.3 Å². The Hall–Kier alpha value is -3.94. The van der Waals surface area contributed by atoms with Crippen LogP contribution in [0.3, 0.4) is 0 Å². The van der Waals surface area contributed by atoms with Crippen LogP contribution in [0.1, 0.15) is 45.0 Å². The summed E-state index contributed by atoms with van der Waals surface area (Å²) >= 11 is 0. The molecule has 0 aliphatic heterocycles. The number of ether oxygens (including phenoxy) is 1. The van der Waals surface area contributed by atoms with Gasteiger partial charge in [0.2, 0.25) is 5.89 Å². The zero-order valence-corrected chi connectivity index (χ0v) is 19.4. The van der Waals surface area contributed by atoms with E-state index >= 15 is 0 Å². The van der Waals surface area contributed by atoms with Crippen molar-refractivity contribution < 1.29 is 13.9 Å². The van der Waals surface area contributed by atoms with Crippen molar-refractivity contribution in [3.63, 3.8) is 0 Å². The molecule has 2 heterocycles. The molecule has 0 saturated heterocycles. The molecule has 8 nitrogen and oxygen atoms in total. The third kappa shape index (κ3) is 4.31. The van der Waals surface area contributed by atoms with Gasteiger partial charge in [0.1, 0.15) is 12.0 Å². The van der Waals surface area contributed by atoms with Crippen molar-refractivity contribution >= 4 is 28.3 Å². The first kappa shape index (κ1) is 21.9.